The van der Waals surface area contributed by atoms with Crippen LogP contribution < -0.4 is 10.2 Å². The molecule has 0 aliphatic carbocycles. The van der Waals surface area contributed by atoms with Crippen molar-refractivity contribution >= 4 is 95.8 Å². The van der Waals surface area contributed by atoms with E-state index in [1.54, 1.807) is 18.3 Å². The van der Waals surface area contributed by atoms with Crippen molar-refractivity contribution in [3.05, 3.63) is 94.2 Å². The van der Waals surface area contributed by atoms with Crippen molar-refractivity contribution in [3.8, 4) is 5.75 Å². The van der Waals surface area contributed by atoms with Crippen LogP contribution in [0, 0.1) is 7.14 Å². The quantitative estimate of drug-likeness (QED) is 0.128. The van der Waals surface area contributed by atoms with Gasteiger partial charge in [-0.1, -0.05) is 45.7 Å². The van der Waals surface area contributed by atoms with E-state index in [2.05, 4.69) is 71.6 Å². The first-order chi connectivity index (χ1) is 15.4. The molecule has 0 saturated carbocycles. The third-order valence-electron chi connectivity index (χ3n) is 4.43. The summed E-state index contributed by atoms with van der Waals surface area (Å²) in [6.45, 7) is 0.378. The lowest BCUT2D eigenvalue weighted by Crippen LogP contribution is -2.16. The molecule has 9 heteroatoms. The number of hydrazone groups is 1. The molecule has 0 saturated heterocycles. The number of rotatable bonds is 6. The van der Waals surface area contributed by atoms with Gasteiger partial charge in [0, 0.05) is 20.4 Å². The number of nitrogens with zero attached hydrogens (tertiary/aromatic N) is 1. The number of halogens is 4. The van der Waals surface area contributed by atoms with Crippen LogP contribution in [0.3, 0.4) is 0 Å². The number of hydrogen-bond acceptors (Lipinski definition) is 4. The zero-order chi connectivity index (χ0) is 22.7. The van der Waals surface area contributed by atoms with E-state index in [9.17, 15) is 4.79 Å². The molecule has 0 aliphatic heterocycles. The van der Waals surface area contributed by atoms with Gasteiger partial charge in [0.2, 0.25) is 0 Å². The fourth-order valence-electron chi connectivity index (χ4n) is 2.90. The maximum atomic E-state index is 12.4. The summed E-state index contributed by atoms with van der Waals surface area (Å²) in [5.41, 5.74) is 4.90. The van der Waals surface area contributed by atoms with Crippen LogP contribution in [0.25, 0.3) is 11.0 Å². The second-order valence-corrected chi connectivity index (χ2v) is 10.3. The predicted molar refractivity (Wildman–Crippen MR) is 147 cm³/mol. The summed E-state index contributed by atoms with van der Waals surface area (Å²) in [5, 5.41) is 5.58. The molecule has 1 N–H and O–H groups in total. The molecule has 4 aromatic rings. The van der Waals surface area contributed by atoms with Gasteiger partial charge < -0.3 is 9.15 Å². The molecule has 0 bridgehead atoms. The minimum atomic E-state index is -0.419. The maximum Gasteiger partial charge on any atom is 0.307 e. The summed E-state index contributed by atoms with van der Waals surface area (Å²) in [7, 11) is 0. The number of amides is 1. The molecule has 1 aromatic heterocycles. The van der Waals surface area contributed by atoms with Gasteiger partial charge in [-0.15, -0.1) is 0 Å². The summed E-state index contributed by atoms with van der Waals surface area (Å²) in [6, 6.07) is 18.7. The van der Waals surface area contributed by atoms with Crippen LogP contribution in [0.15, 0.2) is 74.7 Å². The van der Waals surface area contributed by atoms with Crippen molar-refractivity contribution in [2.75, 3.05) is 0 Å². The Morgan fingerprint density at radius 1 is 1.12 bits per heavy atom. The van der Waals surface area contributed by atoms with Gasteiger partial charge in [-0.3, -0.25) is 4.79 Å². The molecule has 32 heavy (non-hydrogen) atoms. The number of carbonyl (C=O) groups excluding carboxylic acids is 1. The van der Waals surface area contributed by atoms with Crippen LogP contribution in [0.2, 0.25) is 5.02 Å². The first kappa shape index (κ1) is 23.5. The number of fused-ring (bicyclic) bond motifs is 1. The van der Waals surface area contributed by atoms with Crippen molar-refractivity contribution in [3.63, 3.8) is 0 Å². The molecule has 1 amide bonds. The highest BCUT2D eigenvalue weighted by Gasteiger charge is 2.12. The number of furan rings is 1. The highest BCUT2D eigenvalue weighted by atomic mass is 127. The van der Waals surface area contributed by atoms with E-state index in [1.807, 2.05) is 48.5 Å². The standard InChI is InChI=1S/C23H14BrClI2N2O3/c24-16-5-6-20-15(9-16)10-21(32-20)23(30)29-28-11-13-7-18(26)22(19(27)8-13)31-12-14-3-1-2-4-17(14)25/h1-11H,12H2,(H,29,30)/b28-11+. The van der Waals surface area contributed by atoms with Gasteiger partial charge in [-0.05, 0) is 93.2 Å². The highest BCUT2D eigenvalue weighted by molar-refractivity contribution is 14.1. The monoisotopic (exact) mass is 734 g/mol. The zero-order valence-corrected chi connectivity index (χ0v) is 22.9. The van der Waals surface area contributed by atoms with E-state index >= 15 is 0 Å². The van der Waals surface area contributed by atoms with Gasteiger partial charge in [0.25, 0.3) is 0 Å². The van der Waals surface area contributed by atoms with Gasteiger partial charge in [-0.25, -0.2) is 5.43 Å². The average molecular weight is 736 g/mol. The zero-order valence-electron chi connectivity index (χ0n) is 16.2. The lowest BCUT2D eigenvalue weighted by Gasteiger charge is -2.12. The Kier molecular flexibility index (Phi) is 7.74. The number of nitrogens with one attached hydrogen (secondary N) is 1. The fourth-order valence-corrected chi connectivity index (χ4v) is 5.60. The predicted octanol–water partition coefficient (Wildman–Crippen LogP) is 7.40. The van der Waals surface area contributed by atoms with Gasteiger partial charge in [-0.2, -0.15) is 5.10 Å². The summed E-state index contributed by atoms with van der Waals surface area (Å²) in [6.07, 6.45) is 1.58. The van der Waals surface area contributed by atoms with Gasteiger partial charge in [0.1, 0.15) is 17.9 Å². The normalized spacial score (nSPS) is 11.2. The van der Waals surface area contributed by atoms with Crippen LogP contribution in [0.1, 0.15) is 21.7 Å². The molecule has 0 aliphatic rings. The number of carbonyl (C=O) groups is 1. The molecule has 0 radical (unpaired) electrons. The van der Waals surface area contributed by atoms with E-state index < -0.39 is 5.91 Å². The molecule has 0 fully saturated rings. The second kappa shape index (κ2) is 10.5. The summed E-state index contributed by atoms with van der Waals surface area (Å²) in [4.78, 5) is 12.4. The molecule has 4 rings (SSSR count). The van der Waals surface area contributed by atoms with E-state index in [0.29, 0.717) is 17.2 Å². The maximum absolute atomic E-state index is 12.4. The van der Waals surface area contributed by atoms with E-state index in [0.717, 1.165) is 33.9 Å². The summed E-state index contributed by atoms with van der Waals surface area (Å²) in [5.74, 6) is 0.557. The lowest BCUT2D eigenvalue weighted by molar-refractivity contribution is 0.0929. The Morgan fingerprint density at radius 3 is 2.62 bits per heavy atom. The summed E-state index contributed by atoms with van der Waals surface area (Å²) < 4.78 is 14.3. The molecule has 0 atom stereocenters. The Morgan fingerprint density at radius 2 is 1.88 bits per heavy atom. The third-order valence-corrected chi connectivity index (χ3v) is 6.90. The topological polar surface area (TPSA) is 63.8 Å². The Hall–Kier alpha value is -1.63. The minimum Gasteiger partial charge on any atom is -0.487 e. The third kappa shape index (κ3) is 5.64. The molecule has 162 valence electrons. The Balaban J connectivity index is 1.42. The Bertz CT molecular complexity index is 1320. The fraction of sp³-hybridized carbons (Fsp3) is 0.0435. The smallest absolute Gasteiger partial charge is 0.307 e. The van der Waals surface area contributed by atoms with Crippen LogP contribution >= 0.6 is 72.7 Å². The van der Waals surface area contributed by atoms with Crippen LogP contribution in [0.5, 0.6) is 5.75 Å². The van der Waals surface area contributed by atoms with Crippen molar-refractivity contribution in [2.24, 2.45) is 5.10 Å². The van der Waals surface area contributed by atoms with Crippen molar-refractivity contribution in [1.29, 1.82) is 0 Å². The molecule has 0 unspecified atom stereocenters. The number of hydrogen-bond donors (Lipinski definition) is 1. The van der Waals surface area contributed by atoms with E-state index in [1.165, 1.54) is 0 Å². The van der Waals surface area contributed by atoms with Gasteiger partial charge in [0.15, 0.2) is 5.76 Å². The average Bonchev–Trinajstić information content (AvgIpc) is 3.17. The first-order valence-electron chi connectivity index (χ1n) is 9.28. The van der Waals surface area contributed by atoms with Crippen LogP contribution in [-0.4, -0.2) is 12.1 Å². The van der Waals surface area contributed by atoms with Crippen molar-refractivity contribution in [2.45, 2.75) is 6.61 Å². The van der Waals surface area contributed by atoms with Crippen LogP contribution in [0.4, 0.5) is 0 Å². The minimum absolute atomic E-state index is 0.197. The summed E-state index contributed by atoms with van der Waals surface area (Å²) >= 11 is 14.0. The highest BCUT2D eigenvalue weighted by Crippen LogP contribution is 2.30. The molecule has 3 aromatic carbocycles. The second-order valence-electron chi connectivity index (χ2n) is 6.69. The number of ether oxygens (including phenoxy) is 1. The van der Waals surface area contributed by atoms with Gasteiger partial charge >= 0.3 is 5.91 Å². The first-order valence-corrected chi connectivity index (χ1v) is 12.6. The molecular weight excluding hydrogens is 721 g/mol. The largest absolute Gasteiger partial charge is 0.487 e. The van der Waals surface area contributed by atoms with Crippen molar-refractivity contribution in [1.82, 2.24) is 5.43 Å². The molecular formula is C23H14BrClI2N2O3. The van der Waals surface area contributed by atoms with Gasteiger partial charge in [0.05, 0.1) is 13.4 Å². The molecule has 5 nitrogen and oxygen atoms in total. The van der Waals surface area contributed by atoms with E-state index in [4.69, 9.17) is 20.8 Å². The lowest BCUT2D eigenvalue weighted by atomic mass is 10.2. The molecule has 1 heterocycles. The SMILES string of the molecule is O=C(N/N=C/c1cc(I)c(OCc2ccccc2Cl)c(I)c1)c1cc2cc(Br)ccc2o1. The van der Waals surface area contributed by atoms with E-state index in [-0.39, 0.29) is 5.76 Å². The molecule has 0 spiro atoms. The Labute approximate surface area is 225 Å². The number of benzene rings is 3. The van der Waals surface area contributed by atoms with Crippen molar-refractivity contribution < 1.29 is 13.9 Å². The van der Waals surface area contributed by atoms with Crippen LogP contribution in [-0.2, 0) is 6.61 Å².